The Morgan fingerprint density at radius 1 is 1.07 bits per heavy atom. The quantitative estimate of drug-likeness (QED) is 0.626. The zero-order chi connectivity index (χ0) is 19.2. The van der Waals surface area contributed by atoms with Crippen molar-refractivity contribution in [2.24, 2.45) is 0 Å². The third-order valence-corrected chi connectivity index (χ3v) is 3.96. The molecule has 9 heteroatoms. The molecule has 3 aromatic rings. The number of hydrogen-bond acceptors (Lipinski definition) is 4. The van der Waals surface area contributed by atoms with E-state index in [9.17, 15) is 9.59 Å². The Bertz CT molecular complexity index is 955. The van der Waals surface area contributed by atoms with Gasteiger partial charge in [0.15, 0.2) is 0 Å². The van der Waals surface area contributed by atoms with Crippen molar-refractivity contribution in [1.82, 2.24) is 20.0 Å². The van der Waals surface area contributed by atoms with Crippen LogP contribution in [0.25, 0.3) is 5.65 Å². The first-order valence-corrected chi connectivity index (χ1v) is 8.50. The minimum atomic E-state index is -0.533. The highest BCUT2D eigenvalue weighted by Crippen LogP contribution is 2.12. The molecule has 0 spiro atoms. The number of anilines is 1. The van der Waals surface area contributed by atoms with Gasteiger partial charge in [0.1, 0.15) is 5.65 Å². The lowest BCUT2D eigenvalue weighted by Crippen LogP contribution is -2.34. The number of aromatic nitrogens is 2. The highest BCUT2D eigenvalue weighted by molar-refractivity contribution is 6.30. The Balaban J connectivity index is 1.47. The normalized spacial score (nSPS) is 10.4. The van der Waals surface area contributed by atoms with E-state index < -0.39 is 6.09 Å². The number of carbonyl (C=O) groups excluding carboxylic acids is 2. The fraction of sp³-hybridized carbons (Fsp3) is 0.167. The molecular formula is C18H18ClN5O3. The molecule has 2 heterocycles. The molecule has 27 heavy (non-hydrogen) atoms. The van der Waals surface area contributed by atoms with Gasteiger partial charge >= 0.3 is 12.1 Å². The number of pyridine rings is 1. The van der Waals surface area contributed by atoms with E-state index in [0.29, 0.717) is 23.8 Å². The first kappa shape index (κ1) is 18.5. The maximum atomic E-state index is 12.0. The number of urea groups is 1. The number of rotatable bonds is 5. The van der Waals surface area contributed by atoms with Gasteiger partial charge < -0.3 is 19.8 Å². The SMILES string of the molecule is COC(=O)Nc1ccc(CNC(=O)NCc2cn3cc(Cl)ccc3n2)cc1. The Hall–Kier alpha value is -3.26. The van der Waals surface area contributed by atoms with Crippen LogP contribution in [0.4, 0.5) is 15.3 Å². The van der Waals surface area contributed by atoms with Crippen LogP contribution >= 0.6 is 11.6 Å². The minimum Gasteiger partial charge on any atom is -0.453 e. The Morgan fingerprint density at radius 2 is 1.81 bits per heavy atom. The summed E-state index contributed by atoms with van der Waals surface area (Å²) in [7, 11) is 1.30. The van der Waals surface area contributed by atoms with Crippen molar-refractivity contribution in [3.8, 4) is 0 Å². The van der Waals surface area contributed by atoms with E-state index in [1.165, 1.54) is 7.11 Å². The van der Waals surface area contributed by atoms with Gasteiger partial charge in [-0.25, -0.2) is 14.6 Å². The van der Waals surface area contributed by atoms with Crippen molar-refractivity contribution < 1.29 is 14.3 Å². The third-order valence-electron chi connectivity index (χ3n) is 3.73. The highest BCUT2D eigenvalue weighted by Gasteiger charge is 2.05. The number of methoxy groups -OCH3 is 1. The van der Waals surface area contributed by atoms with Gasteiger partial charge in [-0.1, -0.05) is 23.7 Å². The van der Waals surface area contributed by atoms with Gasteiger partial charge in [0, 0.05) is 24.6 Å². The van der Waals surface area contributed by atoms with Crippen LogP contribution in [0.2, 0.25) is 5.02 Å². The number of nitrogens with one attached hydrogen (secondary N) is 3. The molecule has 3 rings (SSSR count). The van der Waals surface area contributed by atoms with E-state index in [2.05, 4.69) is 25.7 Å². The molecule has 3 amide bonds. The molecule has 8 nitrogen and oxygen atoms in total. The molecule has 0 aliphatic rings. The molecule has 140 valence electrons. The first-order chi connectivity index (χ1) is 13.0. The van der Waals surface area contributed by atoms with Crippen LogP contribution < -0.4 is 16.0 Å². The number of hydrogen-bond donors (Lipinski definition) is 3. The molecule has 0 saturated carbocycles. The average Bonchev–Trinajstić information content (AvgIpc) is 3.07. The molecule has 0 fully saturated rings. The van der Waals surface area contributed by atoms with Gasteiger partial charge in [0.05, 0.1) is 24.4 Å². The molecule has 0 bridgehead atoms. The molecule has 0 atom stereocenters. The summed E-state index contributed by atoms with van der Waals surface area (Å²) in [6.07, 6.45) is 3.04. The second kappa shape index (κ2) is 8.41. The second-order valence-electron chi connectivity index (χ2n) is 5.69. The summed E-state index contributed by atoms with van der Waals surface area (Å²) < 4.78 is 6.33. The highest BCUT2D eigenvalue weighted by atomic mass is 35.5. The largest absolute Gasteiger partial charge is 0.453 e. The third kappa shape index (κ3) is 5.11. The Kier molecular flexibility index (Phi) is 5.77. The van der Waals surface area contributed by atoms with E-state index >= 15 is 0 Å². The lowest BCUT2D eigenvalue weighted by molar-refractivity contribution is 0.187. The maximum absolute atomic E-state index is 12.0. The van der Waals surface area contributed by atoms with Crippen LogP contribution in [-0.2, 0) is 17.8 Å². The minimum absolute atomic E-state index is 0.299. The second-order valence-corrected chi connectivity index (χ2v) is 6.13. The van der Waals surface area contributed by atoms with Crippen molar-refractivity contribution in [2.75, 3.05) is 12.4 Å². The van der Waals surface area contributed by atoms with E-state index in [4.69, 9.17) is 11.6 Å². The van der Waals surface area contributed by atoms with Gasteiger partial charge in [0.25, 0.3) is 0 Å². The summed E-state index contributed by atoms with van der Waals surface area (Å²) in [4.78, 5) is 27.5. The van der Waals surface area contributed by atoms with E-state index in [-0.39, 0.29) is 6.03 Å². The summed E-state index contributed by atoms with van der Waals surface area (Å²) in [6, 6.07) is 10.3. The predicted molar refractivity (Wildman–Crippen MR) is 102 cm³/mol. The zero-order valence-electron chi connectivity index (χ0n) is 14.5. The summed E-state index contributed by atoms with van der Waals surface area (Å²) in [5.41, 5.74) is 2.99. The molecule has 3 N–H and O–H groups in total. The number of halogens is 1. The predicted octanol–water partition coefficient (Wildman–Crippen LogP) is 3.17. The van der Waals surface area contributed by atoms with Gasteiger partial charge in [-0.3, -0.25) is 5.32 Å². The summed E-state index contributed by atoms with van der Waals surface area (Å²) >= 11 is 5.94. The lowest BCUT2D eigenvalue weighted by Gasteiger charge is -2.08. The Labute approximate surface area is 160 Å². The molecule has 0 aliphatic carbocycles. The first-order valence-electron chi connectivity index (χ1n) is 8.12. The van der Waals surface area contributed by atoms with Gasteiger partial charge in [-0.05, 0) is 29.8 Å². The fourth-order valence-corrected chi connectivity index (χ4v) is 2.56. The van der Waals surface area contributed by atoms with Crippen molar-refractivity contribution in [2.45, 2.75) is 13.1 Å². The Morgan fingerprint density at radius 3 is 2.56 bits per heavy atom. The monoisotopic (exact) mass is 387 g/mol. The number of imidazole rings is 1. The number of benzene rings is 1. The summed E-state index contributed by atoms with van der Waals surface area (Å²) in [6.45, 7) is 0.651. The molecule has 2 aromatic heterocycles. The van der Waals surface area contributed by atoms with Crippen molar-refractivity contribution in [3.63, 3.8) is 0 Å². The number of ether oxygens (including phenoxy) is 1. The van der Waals surface area contributed by atoms with Crippen LogP contribution in [0.3, 0.4) is 0 Å². The van der Waals surface area contributed by atoms with Crippen LogP contribution in [-0.4, -0.2) is 28.6 Å². The van der Waals surface area contributed by atoms with E-state index in [0.717, 1.165) is 16.9 Å². The van der Waals surface area contributed by atoms with Gasteiger partial charge in [-0.15, -0.1) is 0 Å². The zero-order valence-corrected chi connectivity index (χ0v) is 15.3. The molecule has 0 saturated heterocycles. The fourth-order valence-electron chi connectivity index (χ4n) is 2.39. The summed E-state index contributed by atoms with van der Waals surface area (Å²) in [5, 5.41) is 8.70. The molecule has 0 radical (unpaired) electrons. The van der Waals surface area contributed by atoms with Crippen molar-refractivity contribution in [3.05, 3.63) is 65.1 Å². The smallest absolute Gasteiger partial charge is 0.411 e. The van der Waals surface area contributed by atoms with Crippen LogP contribution in [0.5, 0.6) is 0 Å². The lowest BCUT2D eigenvalue weighted by atomic mass is 10.2. The number of nitrogens with zero attached hydrogens (tertiary/aromatic N) is 2. The average molecular weight is 388 g/mol. The molecular weight excluding hydrogens is 370 g/mol. The molecule has 1 aromatic carbocycles. The van der Waals surface area contributed by atoms with E-state index in [1.54, 1.807) is 40.9 Å². The van der Waals surface area contributed by atoms with Gasteiger partial charge in [-0.2, -0.15) is 0 Å². The number of fused-ring (bicyclic) bond motifs is 1. The maximum Gasteiger partial charge on any atom is 0.411 e. The summed E-state index contributed by atoms with van der Waals surface area (Å²) in [5.74, 6) is 0. The van der Waals surface area contributed by atoms with Crippen LogP contribution in [0.1, 0.15) is 11.3 Å². The molecule has 0 aliphatic heterocycles. The number of amides is 3. The van der Waals surface area contributed by atoms with Crippen LogP contribution in [0.15, 0.2) is 48.8 Å². The standard InChI is InChI=1S/C18H18ClN5O3/c1-27-18(26)23-14-5-2-12(3-6-14)8-20-17(25)21-9-15-11-24-10-13(19)4-7-16(24)22-15/h2-7,10-11H,8-9H2,1H3,(H,23,26)(H2,20,21,25). The van der Waals surface area contributed by atoms with Crippen LogP contribution in [0, 0.1) is 0 Å². The van der Waals surface area contributed by atoms with Crippen molar-refractivity contribution >= 4 is 35.1 Å². The van der Waals surface area contributed by atoms with Crippen molar-refractivity contribution in [1.29, 1.82) is 0 Å². The molecule has 0 unspecified atom stereocenters. The topological polar surface area (TPSA) is 96.8 Å². The number of carbonyl (C=O) groups is 2. The van der Waals surface area contributed by atoms with Gasteiger partial charge in [0.2, 0.25) is 0 Å². The van der Waals surface area contributed by atoms with E-state index in [1.807, 2.05) is 12.3 Å².